The Labute approximate surface area is 184 Å². The Hall–Kier alpha value is -2.71. The minimum atomic E-state index is -0.961. The van der Waals surface area contributed by atoms with Crippen LogP contribution in [0.3, 0.4) is 0 Å². The number of rotatable bonds is 7. The largest absolute Gasteiger partial charge is 0.490 e. The second-order valence-corrected chi connectivity index (χ2v) is 8.95. The van der Waals surface area contributed by atoms with Gasteiger partial charge in [-0.15, -0.1) is 0 Å². The van der Waals surface area contributed by atoms with Crippen LogP contribution in [0.15, 0.2) is 53.6 Å². The first-order valence-corrected chi connectivity index (χ1v) is 12.0. The predicted octanol–water partition coefficient (Wildman–Crippen LogP) is 2.98. The molecule has 1 atom stereocenters. The second-order valence-electron chi connectivity index (χ2n) is 7.58. The van der Waals surface area contributed by atoms with E-state index in [4.69, 9.17) is 9.47 Å². The summed E-state index contributed by atoms with van der Waals surface area (Å²) in [6, 6.07) is 13.4. The van der Waals surface area contributed by atoms with Crippen molar-refractivity contribution < 1.29 is 13.7 Å². The Morgan fingerprint density at radius 1 is 1.13 bits per heavy atom. The van der Waals surface area contributed by atoms with Gasteiger partial charge in [-0.05, 0) is 31.4 Å². The van der Waals surface area contributed by atoms with Gasteiger partial charge in [0.05, 0.1) is 41.4 Å². The van der Waals surface area contributed by atoms with E-state index in [2.05, 4.69) is 4.98 Å². The lowest BCUT2D eigenvalue weighted by molar-refractivity contribution is 0.132. The minimum absolute atomic E-state index is 0.0142. The molecule has 1 saturated heterocycles. The summed E-state index contributed by atoms with van der Waals surface area (Å²) >= 11 is 0. The van der Waals surface area contributed by atoms with Gasteiger partial charge in [-0.25, -0.2) is 13.5 Å². The number of nitrogens with zero attached hydrogens (tertiary/aromatic N) is 3. The van der Waals surface area contributed by atoms with Crippen molar-refractivity contribution in [2.45, 2.75) is 32.4 Å². The molecule has 164 valence electrons. The van der Waals surface area contributed by atoms with Crippen molar-refractivity contribution in [2.75, 3.05) is 26.0 Å². The van der Waals surface area contributed by atoms with E-state index < -0.39 is 11.0 Å². The van der Waals surface area contributed by atoms with Crippen molar-refractivity contribution in [3.63, 3.8) is 0 Å². The van der Waals surface area contributed by atoms with E-state index >= 15 is 0 Å². The summed E-state index contributed by atoms with van der Waals surface area (Å²) in [6.45, 7) is 4.29. The van der Waals surface area contributed by atoms with E-state index in [1.54, 1.807) is 29.3 Å². The molecule has 1 aromatic heterocycles. The van der Waals surface area contributed by atoms with Crippen LogP contribution < -0.4 is 15.0 Å². The van der Waals surface area contributed by atoms with Crippen LogP contribution in [0, 0.1) is 0 Å². The Morgan fingerprint density at radius 2 is 1.87 bits per heavy atom. The summed E-state index contributed by atoms with van der Waals surface area (Å²) in [5.41, 5.74) is 1.51. The number of piperidine rings is 1. The number of hydrogen-bond donors (Lipinski definition) is 0. The van der Waals surface area contributed by atoms with Gasteiger partial charge in [-0.3, -0.25) is 9.36 Å². The molecule has 1 aliphatic heterocycles. The van der Waals surface area contributed by atoms with Gasteiger partial charge in [0.25, 0.3) is 5.56 Å². The molecule has 0 radical (unpaired) electrons. The monoisotopic (exact) mass is 441 g/mol. The molecule has 1 fully saturated rings. The third-order valence-corrected chi connectivity index (χ3v) is 6.54. The lowest BCUT2D eigenvalue weighted by Gasteiger charge is -2.30. The molecule has 0 N–H and O–H groups in total. The number of benzene rings is 2. The first kappa shape index (κ1) is 21.5. The molecule has 31 heavy (non-hydrogen) atoms. The van der Waals surface area contributed by atoms with Crippen LogP contribution in [0.25, 0.3) is 10.9 Å². The van der Waals surface area contributed by atoms with Gasteiger partial charge < -0.3 is 9.47 Å². The molecule has 1 unspecified atom stereocenters. The first-order chi connectivity index (χ1) is 15.0. The Bertz CT molecular complexity index is 1120. The molecule has 0 bridgehead atoms. The van der Waals surface area contributed by atoms with E-state index in [-0.39, 0.29) is 11.7 Å². The van der Waals surface area contributed by atoms with E-state index in [0.717, 1.165) is 31.5 Å². The highest BCUT2D eigenvalue weighted by Crippen LogP contribution is 2.33. The van der Waals surface area contributed by atoms with E-state index in [1.807, 2.05) is 41.6 Å². The maximum absolute atomic E-state index is 13.2. The molecule has 3 aromatic rings. The number of fused-ring (bicyclic) bond motifs is 1. The van der Waals surface area contributed by atoms with Crippen LogP contribution in [0.2, 0.25) is 0 Å². The van der Waals surface area contributed by atoms with Crippen molar-refractivity contribution in [1.29, 1.82) is 0 Å². The maximum atomic E-state index is 13.2. The molecular weight excluding hydrogens is 414 g/mol. The molecule has 2 aromatic carbocycles. The molecule has 0 aliphatic carbocycles. The lowest BCUT2D eigenvalue weighted by atomic mass is 10.1. The zero-order valence-corrected chi connectivity index (χ0v) is 18.6. The average molecular weight is 442 g/mol. The van der Waals surface area contributed by atoms with Crippen molar-refractivity contribution >= 4 is 21.9 Å². The topological polar surface area (TPSA) is 73.7 Å². The van der Waals surface area contributed by atoms with E-state index in [9.17, 15) is 9.00 Å². The number of hydrogen-bond acceptors (Lipinski definition) is 5. The fourth-order valence-corrected chi connectivity index (χ4v) is 4.53. The summed E-state index contributed by atoms with van der Waals surface area (Å²) in [7, 11) is -0.961. The smallest absolute Gasteiger partial charge is 0.261 e. The highest BCUT2D eigenvalue weighted by molar-refractivity contribution is 7.81. The van der Waals surface area contributed by atoms with Gasteiger partial charge in [0, 0.05) is 25.4 Å². The number of ether oxygens (including phenoxy) is 2. The SMILES string of the molecule is CCOc1cc2ncn(Cc3ccccc3)c(=O)c2cc1OC1CCN(S(C)=O)CC1. The van der Waals surface area contributed by atoms with E-state index in [0.29, 0.717) is 35.6 Å². The normalized spacial score (nSPS) is 16.3. The maximum Gasteiger partial charge on any atom is 0.261 e. The number of aromatic nitrogens is 2. The molecule has 0 saturated carbocycles. The average Bonchev–Trinajstić information content (AvgIpc) is 2.78. The summed E-state index contributed by atoms with van der Waals surface area (Å²) in [5.74, 6) is 1.14. The first-order valence-electron chi connectivity index (χ1n) is 10.5. The summed E-state index contributed by atoms with van der Waals surface area (Å²) in [4.78, 5) is 17.6. The van der Waals surface area contributed by atoms with Crippen molar-refractivity contribution in [3.05, 3.63) is 64.7 Å². The molecule has 1 aliphatic rings. The highest BCUT2D eigenvalue weighted by Gasteiger charge is 2.24. The van der Waals surface area contributed by atoms with Crippen LogP contribution >= 0.6 is 0 Å². The van der Waals surface area contributed by atoms with Crippen molar-refractivity contribution in [3.8, 4) is 11.5 Å². The van der Waals surface area contributed by atoms with Gasteiger partial charge in [-0.2, -0.15) is 0 Å². The molecule has 8 heteroatoms. The lowest BCUT2D eigenvalue weighted by Crippen LogP contribution is -2.38. The zero-order valence-electron chi connectivity index (χ0n) is 17.8. The summed E-state index contributed by atoms with van der Waals surface area (Å²) in [6.07, 6.45) is 4.81. The quantitative estimate of drug-likeness (QED) is 0.564. The Balaban J connectivity index is 1.63. The van der Waals surface area contributed by atoms with Crippen LogP contribution in [-0.4, -0.2) is 50.1 Å². The van der Waals surface area contributed by atoms with Gasteiger partial charge in [0.15, 0.2) is 11.5 Å². The molecular formula is C23H27N3O4S. The van der Waals surface area contributed by atoms with Gasteiger partial charge in [0.1, 0.15) is 6.10 Å². The van der Waals surface area contributed by atoms with E-state index in [1.165, 1.54) is 0 Å². The van der Waals surface area contributed by atoms with Crippen LogP contribution in [0.4, 0.5) is 0 Å². The van der Waals surface area contributed by atoms with Gasteiger partial charge in [0.2, 0.25) is 0 Å². The standard InChI is InChI=1S/C23H27N3O4S/c1-3-29-21-14-20-19(13-22(21)30-18-9-11-26(12-10-18)31(2)28)23(27)25(16-24-20)15-17-7-5-4-6-8-17/h4-8,13-14,16,18H,3,9-12,15H2,1-2H3. The molecule has 7 nitrogen and oxygen atoms in total. The summed E-state index contributed by atoms with van der Waals surface area (Å²) in [5, 5.41) is 0.504. The zero-order chi connectivity index (χ0) is 21.8. The van der Waals surface area contributed by atoms with Crippen LogP contribution in [0.1, 0.15) is 25.3 Å². The fraction of sp³-hybridized carbons (Fsp3) is 0.391. The minimum Gasteiger partial charge on any atom is -0.490 e. The van der Waals surface area contributed by atoms with Crippen molar-refractivity contribution in [2.24, 2.45) is 0 Å². The predicted molar refractivity (Wildman–Crippen MR) is 122 cm³/mol. The summed E-state index contributed by atoms with van der Waals surface area (Å²) < 4.78 is 27.3. The fourth-order valence-electron chi connectivity index (χ4n) is 3.81. The molecule has 4 rings (SSSR count). The Kier molecular flexibility index (Phi) is 6.67. The third kappa shape index (κ3) is 4.97. The van der Waals surface area contributed by atoms with Gasteiger partial charge in [-0.1, -0.05) is 30.3 Å². The molecule has 0 spiro atoms. The van der Waals surface area contributed by atoms with Gasteiger partial charge >= 0.3 is 0 Å². The second kappa shape index (κ2) is 9.62. The molecule has 2 heterocycles. The van der Waals surface area contributed by atoms with Crippen LogP contribution in [-0.2, 0) is 17.5 Å². The highest BCUT2D eigenvalue weighted by atomic mass is 32.2. The van der Waals surface area contributed by atoms with Crippen molar-refractivity contribution in [1.82, 2.24) is 13.9 Å². The van der Waals surface area contributed by atoms with Crippen LogP contribution in [0.5, 0.6) is 11.5 Å². The third-order valence-electron chi connectivity index (χ3n) is 5.44. The molecule has 0 amide bonds. The Morgan fingerprint density at radius 3 is 2.55 bits per heavy atom.